The fraction of sp³-hybridized carbons (Fsp3) is 0.296. The van der Waals surface area contributed by atoms with E-state index in [4.69, 9.17) is 17.3 Å². The number of aliphatic hydroxyl groups is 1. The molecule has 0 fully saturated rings. The number of carbonyl (C=O) groups is 2. The highest BCUT2D eigenvalue weighted by Gasteiger charge is 2.30. The number of nitrogens with one attached hydrogen (secondary N) is 2. The lowest BCUT2D eigenvalue weighted by Crippen LogP contribution is -2.44. The quantitative estimate of drug-likeness (QED) is 0.361. The van der Waals surface area contributed by atoms with Crippen molar-refractivity contribution in [2.75, 3.05) is 25.5 Å². The van der Waals surface area contributed by atoms with E-state index < -0.39 is 6.04 Å². The molecule has 1 atom stereocenters. The third-order valence-electron chi connectivity index (χ3n) is 6.30. The van der Waals surface area contributed by atoms with E-state index in [-0.39, 0.29) is 30.9 Å². The number of benzene rings is 1. The average molecular weight is 536 g/mol. The molecule has 1 aliphatic heterocycles. The first-order chi connectivity index (χ1) is 18.3. The predicted molar refractivity (Wildman–Crippen MR) is 148 cm³/mol. The molecule has 0 radical (unpaired) electrons. The molecule has 38 heavy (non-hydrogen) atoms. The fourth-order valence-corrected chi connectivity index (χ4v) is 4.62. The molecule has 5 N–H and O–H groups in total. The Morgan fingerprint density at radius 1 is 1.39 bits per heavy atom. The van der Waals surface area contributed by atoms with Crippen molar-refractivity contribution in [1.82, 2.24) is 20.2 Å². The highest BCUT2D eigenvalue weighted by molar-refractivity contribution is 6.33. The van der Waals surface area contributed by atoms with E-state index in [2.05, 4.69) is 25.6 Å². The van der Waals surface area contributed by atoms with Crippen molar-refractivity contribution in [2.45, 2.75) is 32.4 Å². The number of hydrogen-bond acceptors (Lipinski definition) is 8. The van der Waals surface area contributed by atoms with Gasteiger partial charge in [-0.1, -0.05) is 41.5 Å². The lowest BCUT2D eigenvalue weighted by Gasteiger charge is -2.22. The molecule has 0 bridgehead atoms. The predicted octanol–water partition coefficient (Wildman–Crippen LogP) is 2.81. The molecule has 1 aromatic carbocycles. The zero-order valence-corrected chi connectivity index (χ0v) is 22.0. The van der Waals surface area contributed by atoms with Crippen LogP contribution in [0.5, 0.6) is 0 Å². The smallest absolute Gasteiger partial charge is 0.254 e. The van der Waals surface area contributed by atoms with Crippen LogP contribution in [0, 0.1) is 0 Å². The Morgan fingerprint density at radius 3 is 2.92 bits per heavy atom. The maximum absolute atomic E-state index is 13.2. The highest BCUT2D eigenvalue weighted by Crippen LogP contribution is 2.31. The number of nitrogens with zero attached hydrogens (tertiary/aromatic N) is 4. The molecular weight excluding hydrogens is 506 g/mol. The van der Waals surface area contributed by atoms with Crippen molar-refractivity contribution in [3.63, 3.8) is 0 Å². The van der Waals surface area contributed by atoms with Crippen LogP contribution in [0.25, 0.3) is 11.3 Å². The second-order valence-corrected chi connectivity index (χ2v) is 9.50. The minimum atomic E-state index is -0.509. The van der Waals surface area contributed by atoms with Gasteiger partial charge < -0.3 is 26.4 Å². The Balaban J connectivity index is 1.48. The van der Waals surface area contributed by atoms with Gasteiger partial charge in [0.1, 0.15) is 6.54 Å². The Labute approximate surface area is 226 Å². The molecule has 1 aromatic heterocycles. The maximum atomic E-state index is 13.2. The van der Waals surface area contributed by atoms with Crippen LogP contribution in [-0.2, 0) is 11.3 Å². The van der Waals surface area contributed by atoms with E-state index in [1.807, 2.05) is 31.2 Å². The summed E-state index contributed by atoms with van der Waals surface area (Å²) in [6.45, 7) is 1.99. The van der Waals surface area contributed by atoms with Gasteiger partial charge in [0.25, 0.3) is 5.91 Å². The summed E-state index contributed by atoms with van der Waals surface area (Å²) in [5.74, 6) is -0.333. The largest absolute Gasteiger partial charge is 0.403 e. The van der Waals surface area contributed by atoms with Gasteiger partial charge >= 0.3 is 0 Å². The molecule has 1 aliphatic carbocycles. The number of amides is 2. The number of hydrogen-bond donors (Lipinski definition) is 4. The van der Waals surface area contributed by atoms with E-state index in [1.54, 1.807) is 13.1 Å². The second-order valence-electron chi connectivity index (χ2n) is 9.09. The number of anilines is 1. The molecule has 2 aliphatic rings. The van der Waals surface area contributed by atoms with E-state index in [9.17, 15) is 14.7 Å². The topological polar surface area (TPSA) is 146 Å². The molecule has 11 heteroatoms. The van der Waals surface area contributed by atoms with Gasteiger partial charge in [0.2, 0.25) is 11.9 Å². The minimum Gasteiger partial charge on any atom is -0.403 e. The number of aliphatic imine (C=N–C) groups is 1. The van der Waals surface area contributed by atoms with Gasteiger partial charge in [-0.15, -0.1) is 0 Å². The molecular formula is C27H30ClN7O3. The van der Waals surface area contributed by atoms with Gasteiger partial charge in [-0.25, -0.2) is 9.97 Å². The molecule has 2 amide bonds. The third-order valence-corrected chi connectivity index (χ3v) is 6.57. The molecule has 1 unspecified atom stereocenters. The Morgan fingerprint density at radius 2 is 2.21 bits per heavy atom. The third kappa shape index (κ3) is 6.09. The fourth-order valence-electron chi connectivity index (χ4n) is 4.42. The second kappa shape index (κ2) is 12.0. The zero-order valence-electron chi connectivity index (χ0n) is 21.2. The first kappa shape index (κ1) is 27.0. The van der Waals surface area contributed by atoms with Crippen LogP contribution < -0.4 is 16.4 Å². The van der Waals surface area contributed by atoms with E-state index in [0.29, 0.717) is 34.1 Å². The molecule has 4 rings (SSSR count). The van der Waals surface area contributed by atoms with Crippen molar-refractivity contribution in [1.29, 1.82) is 0 Å². The number of allylic oxidation sites excluding steroid dienone is 3. The lowest BCUT2D eigenvalue weighted by molar-refractivity contribution is -0.122. The van der Waals surface area contributed by atoms with Gasteiger partial charge in [-0.05, 0) is 37.0 Å². The van der Waals surface area contributed by atoms with Gasteiger partial charge in [-0.2, -0.15) is 0 Å². The van der Waals surface area contributed by atoms with E-state index in [1.165, 1.54) is 29.1 Å². The number of aromatic nitrogens is 2. The highest BCUT2D eigenvalue weighted by atomic mass is 35.5. The number of rotatable bonds is 9. The first-order valence-corrected chi connectivity index (χ1v) is 12.5. The van der Waals surface area contributed by atoms with Crippen LogP contribution in [0.4, 0.5) is 5.95 Å². The molecule has 10 nitrogen and oxygen atoms in total. The summed E-state index contributed by atoms with van der Waals surface area (Å²) in [6.07, 6.45) is 10.2. The average Bonchev–Trinajstić information content (AvgIpc) is 3.22. The summed E-state index contributed by atoms with van der Waals surface area (Å²) < 4.78 is 0. The summed E-state index contributed by atoms with van der Waals surface area (Å²) >= 11 is 6.39. The van der Waals surface area contributed by atoms with Gasteiger partial charge in [-0.3, -0.25) is 14.6 Å². The van der Waals surface area contributed by atoms with Crippen LogP contribution in [0.1, 0.15) is 35.7 Å². The van der Waals surface area contributed by atoms with Crippen molar-refractivity contribution >= 4 is 35.6 Å². The minimum absolute atomic E-state index is 0.120. The Kier molecular flexibility index (Phi) is 8.55. The number of carbonyl (C=O) groups excluding carboxylic acids is 2. The maximum Gasteiger partial charge on any atom is 0.254 e. The van der Waals surface area contributed by atoms with Crippen LogP contribution in [-0.4, -0.2) is 64.2 Å². The van der Waals surface area contributed by atoms with Gasteiger partial charge in [0, 0.05) is 37.1 Å². The van der Waals surface area contributed by atoms with Gasteiger partial charge in [0.05, 0.1) is 35.3 Å². The summed E-state index contributed by atoms with van der Waals surface area (Å²) in [6, 6.07) is 4.87. The standard InChI is InChI=1S/C27H30ClN7O3/c1-16-4-3-5-17(8-16)23(15-36)33-24(37)14-35-13-19-7-6-18(9-21(19)26(35)38)25-22(28)12-31-27(34-25)32-20(10-29)11-30-2/h5-12,23,36H,3-4,13-15,29H2,1-2H3,(H,33,37)(H,31,32,34). The summed E-state index contributed by atoms with van der Waals surface area (Å²) in [5.41, 5.74) is 10.6. The van der Waals surface area contributed by atoms with Crippen molar-refractivity contribution in [3.8, 4) is 11.3 Å². The molecule has 198 valence electrons. The molecule has 0 spiro atoms. The van der Waals surface area contributed by atoms with Crippen molar-refractivity contribution in [2.24, 2.45) is 10.7 Å². The Hall–Kier alpha value is -4.02. The van der Waals surface area contributed by atoms with E-state index in [0.717, 1.165) is 24.0 Å². The van der Waals surface area contributed by atoms with Crippen LogP contribution in [0.15, 0.2) is 64.6 Å². The van der Waals surface area contributed by atoms with Gasteiger partial charge in [0.15, 0.2) is 0 Å². The zero-order chi connectivity index (χ0) is 27.2. The number of halogens is 1. The molecule has 0 saturated carbocycles. The number of aliphatic hydroxyl groups excluding tert-OH is 1. The number of nitrogens with two attached hydrogens (primary N) is 1. The molecule has 2 aromatic rings. The van der Waals surface area contributed by atoms with E-state index >= 15 is 0 Å². The van der Waals surface area contributed by atoms with Crippen LogP contribution in [0.3, 0.4) is 0 Å². The van der Waals surface area contributed by atoms with Crippen LogP contribution >= 0.6 is 11.6 Å². The summed E-state index contributed by atoms with van der Waals surface area (Å²) in [4.78, 5) is 40.0. The summed E-state index contributed by atoms with van der Waals surface area (Å²) in [5, 5.41) is 16.0. The SMILES string of the molecule is CN=CC(=CN)Nc1ncc(Cl)c(-c2ccc3c(c2)C(=O)N(CC(=O)NC(CO)C2=CCCC(C)=C2)C3)n1. The lowest BCUT2D eigenvalue weighted by atomic mass is 9.96. The molecule has 0 saturated heterocycles. The Bertz CT molecular complexity index is 1370. The monoisotopic (exact) mass is 535 g/mol. The molecule has 2 heterocycles. The van der Waals surface area contributed by atoms with Crippen molar-refractivity contribution < 1.29 is 14.7 Å². The van der Waals surface area contributed by atoms with Crippen molar-refractivity contribution in [3.05, 3.63) is 75.7 Å². The first-order valence-electron chi connectivity index (χ1n) is 12.2. The van der Waals surface area contributed by atoms with Crippen LogP contribution in [0.2, 0.25) is 5.02 Å². The normalized spacial score (nSPS) is 16.3. The summed E-state index contributed by atoms with van der Waals surface area (Å²) in [7, 11) is 1.62. The number of fused-ring (bicyclic) bond motifs is 1.